The molecule has 0 unspecified atom stereocenters. The lowest BCUT2D eigenvalue weighted by Crippen LogP contribution is -2.55. The molecule has 180 valence electrons. The van der Waals surface area contributed by atoms with Crippen molar-refractivity contribution in [2.75, 3.05) is 13.1 Å². The predicted molar refractivity (Wildman–Crippen MR) is 119 cm³/mol. The minimum atomic E-state index is -1.10. The minimum absolute atomic E-state index is 0.0968. The lowest BCUT2D eigenvalue weighted by molar-refractivity contribution is -0.144. The maximum atomic E-state index is 13.2. The van der Waals surface area contributed by atoms with Crippen molar-refractivity contribution in [3.8, 4) is 0 Å². The maximum Gasteiger partial charge on any atom is 0.243 e. The number of hydrogen-bond acceptors (Lipinski definition) is 5. The van der Waals surface area contributed by atoms with Gasteiger partial charge in [0.2, 0.25) is 23.6 Å². The van der Waals surface area contributed by atoms with E-state index in [2.05, 4.69) is 10.6 Å². The standard InChI is InChI=1S/C21H32Cl2N4O5/c1-10(32-20(2,3)4)7-14(28)27-9-12-15(21(12,22)23)16(27)19(31)26-13(17(24)29)8-11-5-6-25-18(11)30/h10-13,15-16H,5-9H2,1-4H3,(H2,24,29)(H,25,30)(H,26,31)/t10-,11+,12+,13+,15+,16+/m1/s1. The molecule has 0 spiro atoms. The highest BCUT2D eigenvalue weighted by Crippen LogP contribution is 2.65. The first kappa shape index (κ1) is 25.1. The third-order valence-electron chi connectivity index (χ3n) is 6.28. The summed E-state index contributed by atoms with van der Waals surface area (Å²) < 4.78 is 4.73. The molecule has 0 radical (unpaired) electrons. The molecule has 11 heteroatoms. The molecule has 2 saturated heterocycles. The average Bonchev–Trinajstić information content (AvgIpc) is 3.01. The van der Waals surface area contributed by atoms with E-state index in [0.717, 1.165) is 0 Å². The van der Waals surface area contributed by atoms with Crippen LogP contribution in [-0.2, 0) is 23.9 Å². The second-order valence-electron chi connectivity index (χ2n) is 10.0. The number of fused-ring (bicyclic) bond motifs is 1. The van der Waals surface area contributed by atoms with E-state index in [1.807, 2.05) is 20.8 Å². The smallest absolute Gasteiger partial charge is 0.243 e. The van der Waals surface area contributed by atoms with Crippen LogP contribution in [0.3, 0.4) is 0 Å². The number of halogens is 2. The van der Waals surface area contributed by atoms with Gasteiger partial charge in [0, 0.05) is 30.8 Å². The molecule has 6 atom stereocenters. The Labute approximate surface area is 198 Å². The molecule has 0 aromatic heterocycles. The van der Waals surface area contributed by atoms with Gasteiger partial charge in [-0.2, -0.15) is 0 Å². The maximum absolute atomic E-state index is 13.2. The van der Waals surface area contributed by atoms with Gasteiger partial charge in [0.15, 0.2) is 0 Å². The number of nitrogens with zero attached hydrogens (tertiary/aromatic N) is 1. The van der Waals surface area contributed by atoms with Crippen LogP contribution in [-0.4, -0.2) is 69.7 Å². The molecule has 3 aliphatic rings. The Kier molecular flexibility index (Phi) is 7.04. The van der Waals surface area contributed by atoms with Crippen molar-refractivity contribution in [1.82, 2.24) is 15.5 Å². The minimum Gasteiger partial charge on any atom is -0.372 e. The summed E-state index contributed by atoms with van der Waals surface area (Å²) in [7, 11) is 0. The first-order valence-electron chi connectivity index (χ1n) is 10.9. The van der Waals surface area contributed by atoms with Crippen molar-refractivity contribution in [1.29, 1.82) is 0 Å². The first-order valence-corrected chi connectivity index (χ1v) is 11.7. The normalized spacial score (nSPS) is 30.3. The Balaban J connectivity index is 1.70. The molecule has 32 heavy (non-hydrogen) atoms. The van der Waals surface area contributed by atoms with Gasteiger partial charge in [-0.15, -0.1) is 23.2 Å². The number of nitrogens with two attached hydrogens (primary N) is 1. The molecule has 9 nitrogen and oxygen atoms in total. The number of nitrogens with one attached hydrogen (secondary N) is 2. The van der Waals surface area contributed by atoms with E-state index in [9.17, 15) is 19.2 Å². The zero-order valence-electron chi connectivity index (χ0n) is 18.8. The van der Waals surface area contributed by atoms with Crippen molar-refractivity contribution in [2.24, 2.45) is 23.5 Å². The molecular weight excluding hydrogens is 459 g/mol. The number of primary amides is 1. The lowest BCUT2D eigenvalue weighted by Gasteiger charge is -2.32. The third-order valence-corrected chi connectivity index (χ3v) is 7.35. The Morgan fingerprint density at radius 1 is 1.34 bits per heavy atom. The number of carbonyl (C=O) groups excluding carboxylic acids is 4. The van der Waals surface area contributed by atoms with Crippen LogP contribution in [0.4, 0.5) is 0 Å². The summed E-state index contributed by atoms with van der Waals surface area (Å²) in [6.07, 6.45) is 0.416. The molecule has 0 aromatic carbocycles. The average molecular weight is 491 g/mol. The number of amides is 4. The van der Waals surface area contributed by atoms with E-state index in [-0.39, 0.29) is 43.2 Å². The largest absolute Gasteiger partial charge is 0.372 e. The highest BCUT2D eigenvalue weighted by molar-refractivity contribution is 6.51. The van der Waals surface area contributed by atoms with Gasteiger partial charge in [-0.05, 0) is 40.5 Å². The van der Waals surface area contributed by atoms with Gasteiger partial charge in [-0.25, -0.2) is 0 Å². The monoisotopic (exact) mass is 490 g/mol. The number of piperidine rings is 1. The molecule has 4 amide bonds. The predicted octanol–water partition coefficient (Wildman–Crippen LogP) is 0.707. The van der Waals surface area contributed by atoms with Crippen LogP contribution in [0, 0.1) is 17.8 Å². The van der Waals surface area contributed by atoms with Crippen molar-refractivity contribution < 1.29 is 23.9 Å². The lowest BCUT2D eigenvalue weighted by atomic mass is 9.97. The fraction of sp³-hybridized carbons (Fsp3) is 0.810. The Bertz CT molecular complexity index is 800. The summed E-state index contributed by atoms with van der Waals surface area (Å²) in [4.78, 5) is 51.6. The molecule has 1 saturated carbocycles. The topological polar surface area (TPSA) is 131 Å². The van der Waals surface area contributed by atoms with Gasteiger partial charge in [-0.3, -0.25) is 19.2 Å². The van der Waals surface area contributed by atoms with Gasteiger partial charge in [-0.1, -0.05) is 0 Å². The molecule has 2 heterocycles. The number of rotatable bonds is 8. The highest BCUT2D eigenvalue weighted by Gasteiger charge is 2.73. The van der Waals surface area contributed by atoms with Gasteiger partial charge in [0.05, 0.1) is 18.1 Å². The zero-order chi connectivity index (χ0) is 24.0. The van der Waals surface area contributed by atoms with Crippen molar-refractivity contribution >= 4 is 46.8 Å². The summed E-state index contributed by atoms with van der Waals surface area (Å²) >= 11 is 12.7. The van der Waals surface area contributed by atoms with Crippen LogP contribution < -0.4 is 16.4 Å². The summed E-state index contributed by atoms with van der Waals surface area (Å²) in [6.45, 7) is 8.28. The SMILES string of the molecule is C[C@H](CC(=O)N1C[C@H]2[C@@H]([C@H]1C(=O)N[C@@H](C[C@@H]1CCNC1=O)C(N)=O)C2(Cl)Cl)OC(C)(C)C. The Morgan fingerprint density at radius 2 is 2.00 bits per heavy atom. The van der Waals surface area contributed by atoms with E-state index in [1.165, 1.54) is 4.90 Å². The second kappa shape index (κ2) is 8.99. The second-order valence-corrected chi connectivity index (χ2v) is 11.5. The summed E-state index contributed by atoms with van der Waals surface area (Å²) in [5, 5.41) is 5.34. The van der Waals surface area contributed by atoms with Gasteiger partial charge < -0.3 is 26.0 Å². The van der Waals surface area contributed by atoms with Crippen molar-refractivity contribution in [3.63, 3.8) is 0 Å². The van der Waals surface area contributed by atoms with Crippen LogP contribution in [0.1, 0.15) is 47.0 Å². The number of hydrogen-bond donors (Lipinski definition) is 3. The molecule has 4 N–H and O–H groups in total. The van der Waals surface area contributed by atoms with Crippen LogP contribution in [0.15, 0.2) is 0 Å². The van der Waals surface area contributed by atoms with E-state index in [0.29, 0.717) is 13.0 Å². The van der Waals surface area contributed by atoms with Crippen molar-refractivity contribution in [2.45, 2.75) is 75.1 Å². The molecule has 2 aliphatic heterocycles. The summed E-state index contributed by atoms with van der Waals surface area (Å²) in [6, 6.07) is -1.95. The molecule has 3 rings (SSSR count). The molecule has 3 fully saturated rings. The fourth-order valence-corrected chi connectivity index (χ4v) is 5.66. The highest BCUT2D eigenvalue weighted by atomic mass is 35.5. The molecule has 1 aliphatic carbocycles. The van der Waals surface area contributed by atoms with Crippen LogP contribution in [0.25, 0.3) is 0 Å². The molecule has 0 aromatic rings. The van der Waals surface area contributed by atoms with E-state index < -0.39 is 45.7 Å². The number of alkyl halides is 2. The number of ether oxygens (including phenoxy) is 1. The van der Waals surface area contributed by atoms with Gasteiger partial charge in [0.25, 0.3) is 0 Å². The van der Waals surface area contributed by atoms with Gasteiger partial charge >= 0.3 is 0 Å². The zero-order valence-corrected chi connectivity index (χ0v) is 20.3. The van der Waals surface area contributed by atoms with E-state index in [4.69, 9.17) is 33.7 Å². The summed E-state index contributed by atoms with van der Waals surface area (Å²) in [5.41, 5.74) is 5.08. The van der Waals surface area contributed by atoms with Crippen LogP contribution >= 0.6 is 23.2 Å². The quantitative estimate of drug-likeness (QED) is 0.431. The fourth-order valence-electron chi connectivity index (χ4n) is 4.83. The van der Waals surface area contributed by atoms with E-state index >= 15 is 0 Å². The van der Waals surface area contributed by atoms with E-state index in [1.54, 1.807) is 6.92 Å². The third kappa shape index (κ3) is 5.31. The first-order chi connectivity index (χ1) is 14.7. The Hall–Kier alpha value is -1.58. The number of carbonyl (C=O) groups is 4. The van der Waals surface area contributed by atoms with Gasteiger partial charge in [0.1, 0.15) is 16.4 Å². The number of likely N-dealkylation sites (tertiary alicyclic amines) is 1. The van der Waals surface area contributed by atoms with Crippen molar-refractivity contribution in [3.05, 3.63) is 0 Å². The molecular formula is C21H32Cl2N4O5. The Morgan fingerprint density at radius 3 is 2.53 bits per heavy atom. The molecule has 0 bridgehead atoms. The summed E-state index contributed by atoms with van der Waals surface area (Å²) in [5.74, 6) is -2.76. The van der Waals surface area contributed by atoms with Crippen LogP contribution in [0.2, 0.25) is 0 Å². The van der Waals surface area contributed by atoms with Crippen LogP contribution in [0.5, 0.6) is 0 Å².